The van der Waals surface area contributed by atoms with Crippen molar-refractivity contribution in [2.75, 3.05) is 7.11 Å². The topological polar surface area (TPSA) is 121 Å². The van der Waals surface area contributed by atoms with Crippen LogP contribution in [0.15, 0.2) is 52.6 Å². The molecule has 1 aliphatic heterocycles. The van der Waals surface area contributed by atoms with E-state index in [-0.39, 0.29) is 40.8 Å². The molecule has 0 spiro atoms. The molecule has 1 aromatic carbocycles. The molecule has 2 amide bonds. The Kier molecular flexibility index (Phi) is 4.46. The average Bonchev–Trinajstić information content (AvgIpc) is 3.00. The van der Waals surface area contributed by atoms with Crippen molar-refractivity contribution in [2.24, 2.45) is 17.8 Å². The standard InChI is InChI=1S/C24H21NO7/c1-10-7-18(27)21-16(22(10)28)9-14-12(4-5-13-20(14)24(30)25(31)23(13)29)19(21)15-8-11(32-2)3-6-17(15)26/h3-4,6-8,13-14,19-20,26,31H,5,9H2,1-2H3/t13-,14+,19+,20-/m0/s1. The fourth-order valence-corrected chi connectivity index (χ4v) is 5.61. The molecule has 2 N–H and O–H groups in total. The Hall–Kier alpha value is -3.52. The lowest BCUT2D eigenvalue weighted by atomic mass is 9.59. The number of Topliss-reactive ketones (excluding diaryl/α,β-unsaturated/α-hetero) is 1. The number of fused-ring (bicyclic) bond motifs is 3. The maximum Gasteiger partial charge on any atom is 0.257 e. The molecule has 1 fully saturated rings. The maximum atomic E-state index is 13.1. The smallest absolute Gasteiger partial charge is 0.257 e. The third-order valence-corrected chi connectivity index (χ3v) is 7.08. The van der Waals surface area contributed by atoms with E-state index < -0.39 is 35.5 Å². The molecule has 0 unspecified atom stereocenters. The number of benzene rings is 1. The first-order chi connectivity index (χ1) is 15.2. The van der Waals surface area contributed by atoms with Crippen molar-refractivity contribution in [3.05, 3.63) is 58.2 Å². The monoisotopic (exact) mass is 435 g/mol. The number of carbonyl (C=O) groups excluding carboxylic acids is 4. The number of phenols is 1. The van der Waals surface area contributed by atoms with Crippen LogP contribution in [0.5, 0.6) is 11.5 Å². The number of ether oxygens (including phenoxy) is 1. The van der Waals surface area contributed by atoms with Crippen molar-refractivity contribution in [1.82, 2.24) is 5.06 Å². The van der Waals surface area contributed by atoms with Crippen LogP contribution >= 0.6 is 0 Å². The van der Waals surface area contributed by atoms with E-state index in [4.69, 9.17) is 4.74 Å². The van der Waals surface area contributed by atoms with Crippen molar-refractivity contribution in [3.63, 3.8) is 0 Å². The number of hydrogen-bond acceptors (Lipinski definition) is 7. The van der Waals surface area contributed by atoms with Crippen LogP contribution in [0, 0.1) is 17.8 Å². The summed E-state index contributed by atoms with van der Waals surface area (Å²) in [6.45, 7) is 1.57. The Morgan fingerprint density at radius 1 is 1.09 bits per heavy atom. The normalized spacial score (nSPS) is 29.4. The van der Waals surface area contributed by atoms with Crippen LogP contribution < -0.4 is 4.74 Å². The second kappa shape index (κ2) is 7.00. The van der Waals surface area contributed by atoms with Gasteiger partial charge in [-0.05, 0) is 50.0 Å². The third kappa shape index (κ3) is 2.65. The number of amides is 2. The lowest BCUT2D eigenvalue weighted by Gasteiger charge is -2.42. The van der Waals surface area contributed by atoms with Gasteiger partial charge in [0.1, 0.15) is 11.5 Å². The zero-order chi connectivity index (χ0) is 22.9. The van der Waals surface area contributed by atoms with Gasteiger partial charge in [0.05, 0.1) is 18.9 Å². The summed E-state index contributed by atoms with van der Waals surface area (Å²) in [5, 5.41) is 20.8. The van der Waals surface area contributed by atoms with E-state index in [1.807, 2.05) is 6.08 Å². The lowest BCUT2D eigenvalue weighted by molar-refractivity contribution is -0.173. The molecule has 0 aromatic heterocycles. The van der Waals surface area contributed by atoms with Gasteiger partial charge in [-0.25, -0.2) is 0 Å². The number of rotatable bonds is 2. The van der Waals surface area contributed by atoms with Gasteiger partial charge in [-0.15, -0.1) is 0 Å². The third-order valence-electron chi connectivity index (χ3n) is 7.08. The van der Waals surface area contributed by atoms with Crippen molar-refractivity contribution in [1.29, 1.82) is 0 Å². The van der Waals surface area contributed by atoms with Gasteiger partial charge in [-0.3, -0.25) is 24.4 Å². The fraction of sp³-hybridized carbons (Fsp3) is 0.333. The van der Waals surface area contributed by atoms with E-state index in [1.54, 1.807) is 19.1 Å². The molecule has 3 aliphatic carbocycles. The van der Waals surface area contributed by atoms with Crippen LogP contribution in [-0.4, -0.2) is 45.9 Å². The Morgan fingerprint density at radius 3 is 2.56 bits per heavy atom. The molecule has 1 aromatic rings. The molecule has 4 aliphatic rings. The number of methoxy groups -OCH3 is 1. The van der Waals surface area contributed by atoms with Gasteiger partial charge in [0, 0.05) is 28.2 Å². The summed E-state index contributed by atoms with van der Waals surface area (Å²) in [5.74, 6) is -4.43. The minimum atomic E-state index is -0.828. The summed E-state index contributed by atoms with van der Waals surface area (Å²) < 4.78 is 5.30. The van der Waals surface area contributed by atoms with Crippen LogP contribution in [0.3, 0.4) is 0 Å². The van der Waals surface area contributed by atoms with Crippen LogP contribution in [0.1, 0.15) is 31.2 Å². The van der Waals surface area contributed by atoms with E-state index in [0.29, 0.717) is 28.0 Å². The average molecular weight is 435 g/mol. The Morgan fingerprint density at radius 2 is 1.84 bits per heavy atom. The van der Waals surface area contributed by atoms with E-state index in [0.717, 1.165) is 0 Å². The zero-order valence-corrected chi connectivity index (χ0v) is 17.5. The second-order valence-electron chi connectivity index (χ2n) is 8.64. The Balaban J connectivity index is 1.74. The number of hydroxylamine groups is 2. The van der Waals surface area contributed by atoms with Gasteiger partial charge in [-0.1, -0.05) is 11.6 Å². The first-order valence-corrected chi connectivity index (χ1v) is 10.4. The van der Waals surface area contributed by atoms with Gasteiger partial charge in [0.15, 0.2) is 11.6 Å². The predicted octanol–water partition coefficient (Wildman–Crippen LogP) is 2.22. The van der Waals surface area contributed by atoms with E-state index in [2.05, 4.69) is 0 Å². The summed E-state index contributed by atoms with van der Waals surface area (Å²) in [5.41, 5.74) is 1.96. The van der Waals surface area contributed by atoms with Crippen LogP contribution in [0.25, 0.3) is 0 Å². The van der Waals surface area contributed by atoms with Gasteiger partial charge in [0.25, 0.3) is 11.8 Å². The van der Waals surface area contributed by atoms with Gasteiger partial charge in [-0.2, -0.15) is 5.06 Å². The van der Waals surface area contributed by atoms with Crippen molar-refractivity contribution in [3.8, 4) is 11.5 Å². The van der Waals surface area contributed by atoms with E-state index in [1.165, 1.54) is 19.3 Å². The molecule has 1 heterocycles. The van der Waals surface area contributed by atoms with Crippen molar-refractivity contribution < 1.29 is 34.2 Å². The minimum Gasteiger partial charge on any atom is -0.508 e. The maximum absolute atomic E-state index is 13.1. The fourth-order valence-electron chi connectivity index (χ4n) is 5.61. The highest BCUT2D eigenvalue weighted by molar-refractivity contribution is 6.23. The SMILES string of the molecule is COc1ccc(O)c([C@H]2C3=CC[C@@H]4C(=O)N(O)C(=O)[C@@H]4[C@@H]3CC3=C2C(=O)C=C(C)C3=O)c1. The number of imide groups is 1. The molecular weight excluding hydrogens is 414 g/mol. The molecule has 4 atom stereocenters. The minimum absolute atomic E-state index is 0.0737. The highest BCUT2D eigenvalue weighted by Crippen LogP contribution is 2.56. The van der Waals surface area contributed by atoms with Gasteiger partial charge < -0.3 is 9.84 Å². The molecule has 0 saturated carbocycles. The summed E-state index contributed by atoms with van der Waals surface area (Å²) in [7, 11) is 1.48. The zero-order valence-electron chi connectivity index (χ0n) is 17.5. The number of nitrogens with zero attached hydrogens (tertiary/aromatic N) is 1. The van der Waals surface area contributed by atoms with Crippen molar-refractivity contribution >= 4 is 23.4 Å². The molecule has 0 radical (unpaired) electrons. The van der Waals surface area contributed by atoms with Crippen molar-refractivity contribution in [2.45, 2.75) is 25.7 Å². The molecular formula is C24H21NO7. The first-order valence-electron chi connectivity index (χ1n) is 10.4. The number of allylic oxidation sites excluding steroid dienone is 6. The highest BCUT2D eigenvalue weighted by Gasteiger charge is 2.56. The number of aromatic hydroxyl groups is 1. The number of carbonyl (C=O) groups is 4. The van der Waals surface area contributed by atoms with Crippen LogP contribution in [0.4, 0.5) is 0 Å². The van der Waals surface area contributed by atoms with Crippen LogP contribution in [-0.2, 0) is 19.2 Å². The van der Waals surface area contributed by atoms with Crippen LogP contribution in [0.2, 0.25) is 0 Å². The highest BCUT2D eigenvalue weighted by atomic mass is 16.5. The Labute approximate surface area is 183 Å². The molecule has 32 heavy (non-hydrogen) atoms. The largest absolute Gasteiger partial charge is 0.508 e. The number of ketones is 2. The van der Waals surface area contributed by atoms with Gasteiger partial charge in [0.2, 0.25) is 0 Å². The predicted molar refractivity (Wildman–Crippen MR) is 110 cm³/mol. The summed E-state index contributed by atoms with van der Waals surface area (Å²) in [6.07, 6.45) is 3.45. The summed E-state index contributed by atoms with van der Waals surface area (Å²) >= 11 is 0. The second-order valence-corrected chi connectivity index (χ2v) is 8.64. The molecule has 1 saturated heterocycles. The molecule has 164 valence electrons. The lowest BCUT2D eigenvalue weighted by Crippen LogP contribution is -2.39. The summed E-state index contributed by atoms with van der Waals surface area (Å²) in [4.78, 5) is 51.3. The molecule has 0 bridgehead atoms. The molecule has 5 rings (SSSR count). The number of hydrogen-bond donors (Lipinski definition) is 2. The van der Waals surface area contributed by atoms with E-state index >= 15 is 0 Å². The summed E-state index contributed by atoms with van der Waals surface area (Å²) in [6, 6.07) is 4.66. The Bertz CT molecular complexity index is 1200. The molecule has 8 nitrogen and oxygen atoms in total. The number of phenolic OH excluding ortho intramolecular Hbond substituents is 1. The molecule has 8 heteroatoms. The van der Waals surface area contributed by atoms with E-state index in [9.17, 15) is 29.5 Å². The first kappa shape index (κ1) is 20.4. The quantitative estimate of drug-likeness (QED) is 0.316. The van der Waals surface area contributed by atoms with Gasteiger partial charge >= 0.3 is 0 Å².